The second kappa shape index (κ2) is 5.83. The lowest BCUT2D eigenvalue weighted by Gasteiger charge is -2.22. The van der Waals surface area contributed by atoms with Crippen LogP contribution in [0.5, 0.6) is 0 Å². The molecule has 0 aliphatic heterocycles. The van der Waals surface area contributed by atoms with Crippen LogP contribution in [0.1, 0.15) is 26.7 Å². The number of amides is 1. The highest BCUT2D eigenvalue weighted by Gasteiger charge is 2.35. The average molecular weight is 269 g/mol. The van der Waals surface area contributed by atoms with Gasteiger partial charge in [-0.15, -0.1) is 0 Å². The van der Waals surface area contributed by atoms with Gasteiger partial charge in [-0.2, -0.15) is 5.26 Å². The standard InChI is InChI=1S/C13H14ClFN2O/c1-3-13(4-2,8-16)12(18)17-11-7-9(15)5-6-10(11)14/h5-7H,3-4H2,1-2H3,(H,17,18). The highest BCUT2D eigenvalue weighted by Crippen LogP contribution is 2.29. The molecule has 96 valence electrons. The molecule has 1 N–H and O–H groups in total. The zero-order valence-electron chi connectivity index (χ0n) is 10.3. The lowest BCUT2D eigenvalue weighted by Crippen LogP contribution is -2.34. The summed E-state index contributed by atoms with van der Waals surface area (Å²) in [6.07, 6.45) is 0.775. The zero-order chi connectivity index (χ0) is 13.8. The highest BCUT2D eigenvalue weighted by atomic mass is 35.5. The van der Waals surface area contributed by atoms with Crippen LogP contribution in [0.25, 0.3) is 0 Å². The van der Waals surface area contributed by atoms with Crippen molar-refractivity contribution in [2.45, 2.75) is 26.7 Å². The molecule has 0 radical (unpaired) electrons. The van der Waals surface area contributed by atoms with E-state index in [2.05, 4.69) is 5.32 Å². The number of nitrogens with one attached hydrogen (secondary N) is 1. The molecule has 1 amide bonds. The first-order valence-electron chi connectivity index (χ1n) is 5.67. The molecule has 0 bridgehead atoms. The minimum absolute atomic E-state index is 0.184. The maximum atomic E-state index is 13.1. The molecule has 0 atom stereocenters. The van der Waals surface area contributed by atoms with Crippen molar-refractivity contribution in [3.8, 4) is 6.07 Å². The molecule has 0 saturated carbocycles. The molecule has 0 spiro atoms. The number of hydrogen-bond acceptors (Lipinski definition) is 2. The summed E-state index contributed by atoms with van der Waals surface area (Å²) in [5.74, 6) is -0.951. The first kappa shape index (κ1) is 14.5. The Balaban J connectivity index is 3.01. The molecule has 0 saturated heterocycles. The molecule has 1 aromatic rings. The summed E-state index contributed by atoms with van der Waals surface area (Å²) >= 11 is 5.86. The summed E-state index contributed by atoms with van der Waals surface area (Å²) in [6.45, 7) is 3.53. The Morgan fingerprint density at radius 1 is 1.50 bits per heavy atom. The van der Waals surface area contributed by atoms with E-state index < -0.39 is 17.1 Å². The first-order valence-corrected chi connectivity index (χ1v) is 6.04. The minimum Gasteiger partial charge on any atom is -0.323 e. The maximum absolute atomic E-state index is 13.1. The fourth-order valence-electron chi connectivity index (χ4n) is 1.62. The van der Waals surface area contributed by atoms with Crippen LogP contribution >= 0.6 is 11.6 Å². The predicted octanol–water partition coefficient (Wildman–Crippen LogP) is 3.75. The summed E-state index contributed by atoms with van der Waals surface area (Å²) < 4.78 is 13.1. The van der Waals surface area contributed by atoms with E-state index in [1.54, 1.807) is 13.8 Å². The molecule has 0 heterocycles. The van der Waals surface area contributed by atoms with Crippen LogP contribution in [0.3, 0.4) is 0 Å². The van der Waals surface area contributed by atoms with Crippen molar-refractivity contribution in [3.63, 3.8) is 0 Å². The second-order valence-corrected chi connectivity index (χ2v) is 4.39. The van der Waals surface area contributed by atoms with E-state index in [9.17, 15) is 9.18 Å². The number of halogens is 2. The van der Waals surface area contributed by atoms with Crippen LogP contribution in [0.4, 0.5) is 10.1 Å². The number of nitriles is 1. The van der Waals surface area contributed by atoms with Crippen LogP contribution in [-0.4, -0.2) is 5.91 Å². The first-order chi connectivity index (χ1) is 8.49. The number of nitrogens with zero attached hydrogens (tertiary/aromatic N) is 1. The topological polar surface area (TPSA) is 52.9 Å². The summed E-state index contributed by atoms with van der Waals surface area (Å²) in [6, 6.07) is 5.72. The molecule has 5 heteroatoms. The van der Waals surface area contributed by atoms with E-state index in [0.717, 1.165) is 6.07 Å². The zero-order valence-corrected chi connectivity index (χ0v) is 11.0. The number of hydrogen-bond donors (Lipinski definition) is 1. The minimum atomic E-state index is -1.10. The number of anilines is 1. The van der Waals surface area contributed by atoms with Gasteiger partial charge < -0.3 is 5.32 Å². The fourth-order valence-corrected chi connectivity index (χ4v) is 1.78. The molecule has 1 aromatic carbocycles. The van der Waals surface area contributed by atoms with Crippen LogP contribution in [0.2, 0.25) is 5.02 Å². The van der Waals surface area contributed by atoms with Crippen LogP contribution in [-0.2, 0) is 4.79 Å². The van der Waals surface area contributed by atoms with E-state index in [4.69, 9.17) is 16.9 Å². The smallest absolute Gasteiger partial charge is 0.244 e. The molecule has 0 fully saturated rings. The third kappa shape index (κ3) is 2.80. The van der Waals surface area contributed by atoms with Crippen molar-refractivity contribution in [3.05, 3.63) is 29.0 Å². The summed E-state index contributed by atoms with van der Waals surface area (Å²) in [4.78, 5) is 12.1. The van der Waals surface area contributed by atoms with E-state index in [1.165, 1.54) is 12.1 Å². The third-order valence-electron chi connectivity index (χ3n) is 3.03. The van der Waals surface area contributed by atoms with Gasteiger partial charge in [-0.3, -0.25) is 4.79 Å². The number of rotatable bonds is 4. The van der Waals surface area contributed by atoms with Crippen molar-refractivity contribution in [2.24, 2.45) is 5.41 Å². The van der Waals surface area contributed by atoms with Gasteiger partial charge in [0.25, 0.3) is 0 Å². The van der Waals surface area contributed by atoms with E-state index in [1.807, 2.05) is 6.07 Å². The summed E-state index contributed by atoms with van der Waals surface area (Å²) in [5, 5.41) is 11.9. The molecule has 0 unspecified atom stereocenters. The maximum Gasteiger partial charge on any atom is 0.244 e. The Hall–Kier alpha value is -1.60. The van der Waals surface area contributed by atoms with Crippen LogP contribution < -0.4 is 5.32 Å². The number of carbonyl (C=O) groups excluding carboxylic acids is 1. The highest BCUT2D eigenvalue weighted by molar-refractivity contribution is 6.33. The Bertz CT molecular complexity index is 492. The average Bonchev–Trinajstić information content (AvgIpc) is 2.37. The van der Waals surface area contributed by atoms with Crippen molar-refractivity contribution >= 4 is 23.2 Å². The Labute approximate surface area is 111 Å². The monoisotopic (exact) mass is 268 g/mol. The quantitative estimate of drug-likeness (QED) is 0.904. The van der Waals surface area contributed by atoms with E-state index >= 15 is 0 Å². The van der Waals surface area contributed by atoms with Crippen molar-refractivity contribution in [1.29, 1.82) is 5.26 Å². The van der Waals surface area contributed by atoms with E-state index in [-0.39, 0.29) is 10.7 Å². The Morgan fingerprint density at radius 2 is 2.11 bits per heavy atom. The number of carbonyl (C=O) groups is 1. The molecule has 18 heavy (non-hydrogen) atoms. The Morgan fingerprint density at radius 3 is 2.61 bits per heavy atom. The normalized spacial score (nSPS) is 10.8. The van der Waals surface area contributed by atoms with Crippen LogP contribution in [0.15, 0.2) is 18.2 Å². The lowest BCUT2D eigenvalue weighted by atomic mass is 9.83. The molecule has 3 nitrogen and oxygen atoms in total. The third-order valence-corrected chi connectivity index (χ3v) is 3.36. The molecule has 0 aliphatic carbocycles. The van der Waals surface area contributed by atoms with Crippen molar-refractivity contribution in [1.82, 2.24) is 0 Å². The van der Waals surface area contributed by atoms with Crippen molar-refractivity contribution < 1.29 is 9.18 Å². The summed E-state index contributed by atoms with van der Waals surface area (Å²) in [7, 11) is 0. The lowest BCUT2D eigenvalue weighted by molar-refractivity contribution is -0.123. The van der Waals surface area contributed by atoms with Gasteiger partial charge in [0.05, 0.1) is 16.8 Å². The second-order valence-electron chi connectivity index (χ2n) is 3.98. The molecular formula is C13H14ClFN2O. The molecule has 1 rings (SSSR count). The van der Waals surface area contributed by atoms with Crippen LogP contribution in [0, 0.1) is 22.6 Å². The molecular weight excluding hydrogens is 255 g/mol. The van der Waals surface area contributed by atoms with Gasteiger partial charge in [0, 0.05) is 0 Å². The predicted molar refractivity (Wildman–Crippen MR) is 68.7 cm³/mol. The van der Waals surface area contributed by atoms with Gasteiger partial charge in [-0.25, -0.2) is 4.39 Å². The van der Waals surface area contributed by atoms with Gasteiger partial charge in [-0.1, -0.05) is 25.4 Å². The van der Waals surface area contributed by atoms with Gasteiger partial charge in [0.2, 0.25) is 5.91 Å². The Kier molecular flexibility index (Phi) is 4.69. The molecule has 0 aromatic heterocycles. The largest absolute Gasteiger partial charge is 0.323 e. The van der Waals surface area contributed by atoms with Gasteiger partial charge >= 0.3 is 0 Å². The van der Waals surface area contributed by atoms with E-state index in [0.29, 0.717) is 12.8 Å². The molecule has 0 aliphatic rings. The van der Waals surface area contributed by atoms with Gasteiger partial charge in [0.15, 0.2) is 0 Å². The summed E-state index contributed by atoms with van der Waals surface area (Å²) in [5.41, 5.74) is -0.918. The van der Waals surface area contributed by atoms with Crippen molar-refractivity contribution in [2.75, 3.05) is 5.32 Å². The van der Waals surface area contributed by atoms with Gasteiger partial charge in [0.1, 0.15) is 11.2 Å². The SMILES string of the molecule is CCC(C#N)(CC)C(=O)Nc1cc(F)ccc1Cl. The fraction of sp³-hybridized carbons (Fsp3) is 0.385. The van der Waals surface area contributed by atoms with Gasteiger partial charge in [-0.05, 0) is 31.0 Å². The number of benzene rings is 1.